The number of aromatic amines is 1. The number of ether oxygens (including phenoxy) is 1. The van der Waals surface area contributed by atoms with Gasteiger partial charge in [0.1, 0.15) is 6.10 Å². The number of pyridine rings is 1. The SMILES string of the molecule is C[C@@H]1CN(C)C[C@H](c2nc(-c3ccc(=O)[nH]c3)no2)O1. The Morgan fingerprint density at radius 3 is 2.95 bits per heavy atom. The summed E-state index contributed by atoms with van der Waals surface area (Å²) in [6.45, 7) is 3.62. The lowest BCUT2D eigenvalue weighted by molar-refractivity contribution is -0.0838. The number of aromatic nitrogens is 3. The number of hydrogen-bond acceptors (Lipinski definition) is 6. The van der Waals surface area contributed by atoms with Crippen LogP contribution in [-0.4, -0.2) is 46.3 Å². The summed E-state index contributed by atoms with van der Waals surface area (Å²) in [5.41, 5.74) is 0.542. The Labute approximate surface area is 115 Å². The molecule has 0 radical (unpaired) electrons. The summed E-state index contributed by atoms with van der Waals surface area (Å²) in [5, 5.41) is 3.93. The highest BCUT2D eigenvalue weighted by molar-refractivity contribution is 5.51. The van der Waals surface area contributed by atoms with Crippen LogP contribution in [0.5, 0.6) is 0 Å². The highest BCUT2D eigenvalue weighted by Gasteiger charge is 2.28. The minimum Gasteiger partial charge on any atom is -0.363 e. The van der Waals surface area contributed by atoms with Crippen LogP contribution in [0.4, 0.5) is 0 Å². The zero-order valence-corrected chi connectivity index (χ0v) is 11.4. The van der Waals surface area contributed by atoms with Gasteiger partial charge in [-0.15, -0.1) is 0 Å². The van der Waals surface area contributed by atoms with Crippen molar-refractivity contribution in [3.63, 3.8) is 0 Å². The van der Waals surface area contributed by atoms with Gasteiger partial charge in [0.2, 0.25) is 11.4 Å². The zero-order chi connectivity index (χ0) is 14.1. The van der Waals surface area contributed by atoms with Crippen molar-refractivity contribution in [2.24, 2.45) is 0 Å². The van der Waals surface area contributed by atoms with Gasteiger partial charge < -0.3 is 19.1 Å². The van der Waals surface area contributed by atoms with Gasteiger partial charge in [0.25, 0.3) is 5.89 Å². The second-order valence-electron chi connectivity index (χ2n) is 5.05. The van der Waals surface area contributed by atoms with Gasteiger partial charge in [-0.25, -0.2) is 0 Å². The maximum Gasteiger partial charge on any atom is 0.257 e. The summed E-state index contributed by atoms with van der Waals surface area (Å²) in [5.74, 6) is 0.908. The molecule has 0 saturated carbocycles. The van der Waals surface area contributed by atoms with Gasteiger partial charge in [-0.1, -0.05) is 5.16 Å². The molecule has 2 atom stereocenters. The van der Waals surface area contributed by atoms with Gasteiger partial charge in [-0.3, -0.25) is 4.79 Å². The quantitative estimate of drug-likeness (QED) is 0.874. The molecule has 1 N–H and O–H groups in total. The Morgan fingerprint density at radius 1 is 1.40 bits per heavy atom. The van der Waals surface area contributed by atoms with Crippen LogP contribution in [0.1, 0.15) is 18.9 Å². The molecule has 2 aromatic heterocycles. The van der Waals surface area contributed by atoms with Crippen molar-refractivity contribution >= 4 is 0 Å². The summed E-state index contributed by atoms with van der Waals surface area (Å²) >= 11 is 0. The van der Waals surface area contributed by atoms with E-state index in [1.54, 1.807) is 12.3 Å². The molecule has 3 heterocycles. The van der Waals surface area contributed by atoms with Crippen LogP contribution in [0.15, 0.2) is 27.6 Å². The lowest BCUT2D eigenvalue weighted by Gasteiger charge is -2.32. The molecule has 7 heteroatoms. The summed E-state index contributed by atoms with van der Waals surface area (Å²) in [7, 11) is 2.03. The number of likely N-dealkylation sites (N-methyl/N-ethyl adjacent to an activating group) is 1. The van der Waals surface area contributed by atoms with Crippen molar-refractivity contribution in [2.75, 3.05) is 20.1 Å². The number of H-pyrrole nitrogens is 1. The molecule has 0 unspecified atom stereocenters. The van der Waals surface area contributed by atoms with Crippen LogP contribution in [0.25, 0.3) is 11.4 Å². The van der Waals surface area contributed by atoms with E-state index in [-0.39, 0.29) is 17.8 Å². The van der Waals surface area contributed by atoms with E-state index in [0.29, 0.717) is 17.3 Å². The van der Waals surface area contributed by atoms with Crippen LogP contribution in [-0.2, 0) is 4.74 Å². The van der Waals surface area contributed by atoms with Crippen LogP contribution in [0.2, 0.25) is 0 Å². The first kappa shape index (κ1) is 13.0. The highest BCUT2D eigenvalue weighted by Crippen LogP contribution is 2.24. The van der Waals surface area contributed by atoms with E-state index in [4.69, 9.17) is 9.26 Å². The second kappa shape index (κ2) is 5.18. The molecule has 1 saturated heterocycles. The Morgan fingerprint density at radius 2 is 2.25 bits per heavy atom. The molecule has 2 aromatic rings. The maximum atomic E-state index is 11.0. The van der Waals surface area contributed by atoms with Gasteiger partial charge >= 0.3 is 0 Å². The standard InChI is InChI=1S/C13H16N4O3/c1-8-6-17(2)7-10(19-8)13-15-12(16-20-13)9-3-4-11(18)14-5-9/h3-5,8,10H,6-7H2,1-2H3,(H,14,18)/t8-,10-/m1/s1. The van der Waals surface area contributed by atoms with E-state index in [1.165, 1.54) is 6.07 Å². The summed E-state index contributed by atoms with van der Waals surface area (Å²) in [4.78, 5) is 20.1. The molecule has 1 aliphatic rings. The average molecular weight is 276 g/mol. The molecule has 0 bridgehead atoms. The minimum absolute atomic E-state index is 0.127. The summed E-state index contributed by atoms with van der Waals surface area (Å²) < 4.78 is 11.1. The fraction of sp³-hybridized carbons (Fsp3) is 0.462. The molecule has 106 valence electrons. The monoisotopic (exact) mass is 276 g/mol. The first-order valence-electron chi connectivity index (χ1n) is 6.48. The van der Waals surface area contributed by atoms with E-state index < -0.39 is 0 Å². The second-order valence-corrected chi connectivity index (χ2v) is 5.05. The predicted molar refractivity (Wildman–Crippen MR) is 71.1 cm³/mol. The van der Waals surface area contributed by atoms with E-state index >= 15 is 0 Å². The summed E-state index contributed by atoms with van der Waals surface area (Å²) in [6.07, 6.45) is 1.47. The van der Waals surface area contributed by atoms with Crippen molar-refractivity contribution in [1.82, 2.24) is 20.0 Å². The van der Waals surface area contributed by atoms with Crippen molar-refractivity contribution < 1.29 is 9.26 Å². The van der Waals surface area contributed by atoms with E-state index in [2.05, 4.69) is 20.0 Å². The third-order valence-corrected chi connectivity index (χ3v) is 3.20. The van der Waals surface area contributed by atoms with Crippen LogP contribution < -0.4 is 5.56 Å². The Balaban J connectivity index is 1.83. The van der Waals surface area contributed by atoms with Crippen molar-refractivity contribution in [3.05, 3.63) is 34.6 Å². The predicted octanol–water partition coefficient (Wildman–Crippen LogP) is 0.816. The van der Waals surface area contributed by atoms with Gasteiger partial charge in [-0.2, -0.15) is 4.98 Å². The fourth-order valence-electron chi connectivity index (χ4n) is 2.33. The lowest BCUT2D eigenvalue weighted by atomic mass is 10.2. The topological polar surface area (TPSA) is 84.3 Å². The first-order valence-corrected chi connectivity index (χ1v) is 6.48. The molecule has 0 aromatic carbocycles. The Bertz CT molecular complexity index is 621. The first-order chi connectivity index (χ1) is 9.61. The van der Waals surface area contributed by atoms with E-state index in [1.807, 2.05) is 14.0 Å². The number of morpholine rings is 1. The smallest absolute Gasteiger partial charge is 0.257 e. The van der Waals surface area contributed by atoms with Gasteiger partial charge in [0.05, 0.1) is 6.10 Å². The molecular weight excluding hydrogens is 260 g/mol. The lowest BCUT2D eigenvalue weighted by Crippen LogP contribution is -2.40. The van der Waals surface area contributed by atoms with Gasteiger partial charge in [0, 0.05) is 30.9 Å². The minimum atomic E-state index is -0.215. The maximum absolute atomic E-state index is 11.0. The Kier molecular flexibility index (Phi) is 3.37. The molecule has 1 aliphatic heterocycles. The number of rotatable bonds is 2. The van der Waals surface area contributed by atoms with Crippen molar-refractivity contribution in [2.45, 2.75) is 19.1 Å². The molecule has 3 rings (SSSR count). The van der Waals surface area contributed by atoms with Crippen LogP contribution in [0.3, 0.4) is 0 Å². The largest absolute Gasteiger partial charge is 0.363 e. The zero-order valence-electron chi connectivity index (χ0n) is 11.4. The van der Waals surface area contributed by atoms with E-state index in [9.17, 15) is 4.79 Å². The molecule has 0 spiro atoms. The average Bonchev–Trinajstić information content (AvgIpc) is 2.88. The number of hydrogen-bond donors (Lipinski definition) is 1. The summed E-state index contributed by atoms with van der Waals surface area (Å²) in [6, 6.07) is 3.09. The third kappa shape index (κ3) is 2.63. The fourth-order valence-corrected chi connectivity index (χ4v) is 2.33. The Hall–Kier alpha value is -1.99. The number of nitrogens with zero attached hydrogens (tertiary/aromatic N) is 3. The van der Waals surface area contributed by atoms with Gasteiger partial charge in [-0.05, 0) is 20.0 Å². The van der Waals surface area contributed by atoms with E-state index in [0.717, 1.165) is 13.1 Å². The molecular formula is C13H16N4O3. The van der Waals surface area contributed by atoms with Crippen molar-refractivity contribution in [3.8, 4) is 11.4 Å². The molecule has 20 heavy (non-hydrogen) atoms. The van der Waals surface area contributed by atoms with Crippen LogP contribution >= 0.6 is 0 Å². The molecule has 7 nitrogen and oxygen atoms in total. The highest BCUT2D eigenvalue weighted by atomic mass is 16.5. The third-order valence-electron chi connectivity index (χ3n) is 3.20. The number of nitrogens with one attached hydrogen (secondary N) is 1. The normalized spacial score (nSPS) is 23.9. The van der Waals surface area contributed by atoms with Gasteiger partial charge in [0.15, 0.2) is 0 Å². The molecule has 0 aliphatic carbocycles. The molecule has 1 fully saturated rings. The van der Waals surface area contributed by atoms with Crippen molar-refractivity contribution in [1.29, 1.82) is 0 Å². The van der Waals surface area contributed by atoms with Crippen LogP contribution in [0, 0.1) is 0 Å². The molecule has 0 amide bonds.